The first kappa shape index (κ1) is 18.8. The monoisotopic (exact) mass is 373 g/mol. The summed E-state index contributed by atoms with van der Waals surface area (Å²) in [6.07, 6.45) is 1.53. The summed E-state index contributed by atoms with van der Waals surface area (Å²) >= 11 is 0. The van der Waals surface area contributed by atoms with E-state index in [4.69, 9.17) is 9.26 Å². The molecule has 1 saturated heterocycles. The molecule has 1 aliphatic heterocycles. The van der Waals surface area contributed by atoms with Crippen LogP contribution in [0.3, 0.4) is 0 Å². The summed E-state index contributed by atoms with van der Waals surface area (Å²) in [6.45, 7) is 7.18. The quantitative estimate of drug-likeness (QED) is 0.757. The lowest BCUT2D eigenvalue weighted by Crippen LogP contribution is -2.48. The number of nitrogens with zero attached hydrogens (tertiary/aromatic N) is 4. The molecule has 0 spiro atoms. The SMILES string of the molecule is CCOC(=O)c1ccc(N2CCN(CC(=O)Nc3cc(C)no3)CC2)nc1. The summed E-state index contributed by atoms with van der Waals surface area (Å²) in [4.78, 5) is 32.3. The molecule has 0 aromatic carbocycles. The smallest absolute Gasteiger partial charge is 0.339 e. The molecule has 3 heterocycles. The number of ether oxygens (including phenoxy) is 1. The number of piperazine rings is 1. The van der Waals surface area contributed by atoms with E-state index < -0.39 is 0 Å². The third-order valence-corrected chi connectivity index (χ3v) is 4.21. The van der Waals surface area contributed by atoms with Crippen molar-refractivity contribution in [2.24, 2.45) is 0 Å². The number of nitrogens with one attached hydrogen (secondary N) is 1. The summed E-state index contributed by atoms with van der Waals surface area (Å²) in [5, 5.41) is 6.44. The van der Waals surface area contributed by atoms with Crippen LogP contribution < -0.4 is 10.2 Å². The minimum Gasteiger partial charge on any atom is -0.462 e. The molecule has 0 bridgehead atoms. The average Bonchev–Trinajstić information content (AvgIpc) is 3.07. The molecule has 1 fully saturated rings. The number of hydrogen-bond acceptors (Lipinski definition) is 8. The fourth-order valence-corrected chi connectivity index (χ4v) is 2.85. The number of aromatic nitrogens is 2. The zero-order valence-electron chi connectivity index (χ0n) is 15.5. The van der Waals surface area contributed by atoms with Gasteiger partial charge < -0.3 is 14.2 Å². The van der Waals surface area contributed by atoms with E-state index in [2.05, 4.69) is 25.3 Å². The Morgan fingerprint density at radius 3 is 2.63 bits per heavy atom. The van der Waals surface area contributed by atoms with Crippen molar-refractivity contribution in [2.75, 3.05) is 49.5 Å². The number of carbonyl (C=O) groups is 2. The second-order valence-corrected chi connectivity index (χ2v) is 6.27. The molecular weight excluding hydrogens is 350 g/mol. The molecule has 9 nitrogen and oxygen atoms in total. The first-order chi connectivity index (χ1) is 13.0. The predicted octanol–water partition coefficient (Wildman–Crippen LogP) is 1.32. The van der Waals surface area contributed by atoms with Crippen LogP contribution in [0.25, 0.3) is 0 Å². The van der Waals surface area contributed by atoms with Crippen LogP contribution in [-0.2, 0) is 9.53 Å². The molecule has 2 aromatic rings. The first-order valence-electron chi connectivity index (χ1n) is 8.89. The van der Waals surface area contributed by atoms with Crippen LogP contribution in [0.1, 0.15) is 23.0 Å². The van der Waals surface area contributed by atoms with Gasteiger partial charge in [-0.25, -0.2) is 9.78 Å². The molecule has 9 heteroatoms. The fourth-order valence-electron chi connectivity index (χ4n) is 2.85. The normalized spacial score (nSPS) is 14.8. The summed E-state index contributed by atoms with van der Waals surface area (Å²) < 4.78 is 9.95. The van der Waals surface area contributed by atoms with E-state index in [0.717, 1.165) is 37.7 Å². The van der Waals surface area contributed by atoms with E-state index in [-0.39, 0.29) is 11.9 Å². The predicted molar refractivity (Wildman–Crippen MR) is 98.7 cm³/mol. The number of amides is 1. The van der Waals surface area contributed by atoms with Crippen molar-refractivity contribution in [1.29, 1.82) is 0 Å². The van der Waals surface area contributed by atoms with E-state index in [1.165, 1.54) is 6.20 Å². The minimum atomic E-state index is -0.366. The molecule has 0 aliphatic carbocycles. The molecule has 1 amide bonds. The van der Waals surface area contributed by atoms with Gasteiger partial charge >= 0.3 is 5.97 Å². The van der Waals surface area contributed by atoms with Crippen LogP contribution in [0.5, 0.6) is 0 Å². The Balaban J connectivity index is 1.47. The van der Waals surface area contributed by atoms with Crippen molar-refractivity contribution in [2.45, 2.75) is 13.8 Å². The van der Waals surface area contributed by atoms with Gasteiger partial charge in [0.2, 0.25) is 11.8 Å². The molecule has 0 radical (unpaired) electrons. The highest BCUT2D eigenvalue weighted by molar-refractivity contribution is 5.91. The van der Waals surface area contributed by atoms with Crippen molar-refractivity contribution >= 4 is 23.6 Å². The molecule has 1 N–H and O–H groups in total. The summed E-state index contributed by atoms with van der Waals surface area (Å²) in [7, 11) is 0. The molecular formula is C18H23N5O4. The highest BCUT2D eigenvalue weighted by Gasteiger charge is 2.20. The van der Waals surface area contributed by atoms with Gasteiger partial charge in [0.05, 0.1) is 24.4 Å². The van der Waals surface area contributed by atoms with Crippen LogP contribution in [0.15, 0.2) is 28.9 Å². The lowest BCUT2D eigenvalue weighted by Gasteiger charge is -2.34. The van der Waals surface area contributed by atoms with E-state index in [1.807, 2.05) is 6.07 Å². The molecule has 3 rings (SSSR count). The van der Waals surface area contributed by atoms with Crippen LogP contribution in [-0.4, -0.2) is 66.2 Å². The van der Waals surface area contributed by atoms with Crippen molar-refractivity contribution in [3.05, 3.63) is 35.7 Å². The largest absolute Gasteiger partial charge is 0.462 e. The van der Waals surface area contributed by atoms with Crippen LogP contribution in [0, 0.1) is 6.92 Å². The number of rotatable bonds is 6. The topological polar surface area (TPSA) is 101 Å². The number of pyridine rings is 1. The van der Waals surface area contributed by atoms with E-state index >= 15 is 0 Å². The molecule has 1 aliphatic rings. The highest BCUT2D eigenvalue weighted by Crippen LogP contribution is 2.15. The highest BCUT2D eigenvalue weighted by atomic mass is 16.5. The Morgan fingerprint density at radius 2 is 2.04 bits per heavy atom. The van der Waals surface area contributed by atoms with Gasteiger partial charge in [0.25, 0.3) is 0 Å². The van der Waals surface area contributed by atoms with Gasteiger partial charge in [0.1, 0.15) is 5.82 Å². The van der Waals surface area contributed by atoms with Crippen molar-refractivity contribution in [3.63, 3.8) is 0 Å². The lowest BCUT2D eigenvalue weighted by molar-refractivity contribution is -0.117. The van der Waals surface area contributed by atoms with Crippen LogP contribution in [0.4, 0.5) is 11.7 Å². The third kappa shape index (κ3) is 5.04. The van der Waals surface area contributed by atoms with Crippen molar-refractivity contribution in [1.82, 2.24) is 15.0 Å². The van der Waals surface area contributed by atoms with Crippen LogP contribution in [0.2, 0.25) is 0 Å². The van der Waals surface area contributed by atoms with Gasteiger partial charge in [0.15, 0.2) is 0 Å². The van der Waals surface area contributed by atoms with Gasteiger partial charge in [-0.3, -0.25) is 15.0 Å². The van der Waals surface area contributed by atoms with E-state index in [1.54, 1.807) is 26.0 Å². The molecule has 0 atom stereocenters. The average molecular weight is 373 g/mol. The van der Waals surface area contributed by atoms with Gasteiger partial charge in [-0.1, -0.05) is 5.16 Å². The van der Waals surface area contributed by atoms with E-state index in [0.29, 0.717) is 24.6 Å². The summed E-state index contributed by atoms with van der Waals surface area (Å²) in [6, 6.07) is 5.22. The molecule has 27 heavy (non-hydrogen) atoms. The Labute approximate surface area is 157 Å². The summed E-state index contributed by atoms with van der Waals surface area (Å²) in [5.41, 5.74) is 1.17. The van der Waals surface area contributed by atoms with Gasteiger partial charge in [-0.15, -0.1) is 0 Å². The minimum absolute atomic E-state index is 0.128. The number of carbonyl (C=O) groups excluding carboxylic acids is 2. The number of aryl methyl sites for hydroxylation is 1. The zero-order chi connectivity index (χ0) is 19.2. The van der Waals surface area contributed by atoms with Crippen molar-refractivity contribution in [3.8, 4) is 0 Å². The second kappa shape index (κ2) is 8.63. The maximum Gasteiger partial charge on any atom is 0.339 e. The Kier molecular flexibility index (Phi) is 6.02. The zero-order valence-corrected chi connectivity index (χ0v) is 15.5. The van der Waals surface area contributed by atoms with Crippen molar-refractivity contribution < 1.29 is 18.8 Å². The van der Waals surface area contributed by atoms with E-state index in [9.17, 15) is 9.59 Å². The lowest BCUT2D eigenvalue weighted by atomic mass is 10.2. The molecule has 144 valence electrons. The number of hydrogen-bond donors (Lipinski definition) is 1. The fraction of sp³-hybridized carbons (Fsp3) is 0.444. The van der Waals surface area contributed by atoms with Crippen LogP contribution >= 0.6 is 0 Å². The Morgan fingerprint density at radius 1 is 1.26 bits per heavy atom. The third-order valence-electron chi connectivity index (χ3n) is 4.21. The second-order valence-electron chi connectivity index (χ2n) is 6.27. The van der Waals surface area contributed by atoms with Gasteiger partial charge in [-0.2, -0.15) is 0 Å². The maximum absolute atomic E-state index is 12.1. The number of anilines is 2. The van der Waals surface area contributed by atoms with Gasteiger partial charge in [0, 0.05) is 38.4 Å². The first-order valence-corrected chi connectivity index (χ1v) is 8.89. The Hall–Kier alpha value is -2.94. The molecule has 0 saturated carbocycles. The number of esters is 1. The summed E-state index contributed by atoms with van der Waals surface area (Å²) in [5.74, 6) is 0.678. The standard InChI is InChI=1S/C18H23N5O4/c1-3-26-18(25)14-4-5-15(19-11-14)23-8-6-22(7-9-23)12-16(24)20-17-10-13(2)21-27-17/h4-5,10-11H,3,6-9,12H2,1-2H3,(H,20,24). The van der Waals surface area contributed by atoms with Gasteiger partial charge in [-0.05, 0) is 26.0 Å². The molecule has 2 aromatic heterocycles. The maximum atomic E-state index is 12.1. The Bertz CT molecular complexity index is 781. The molecule has 0 unspecified atom stereocenters.